The van der Waals surface area contributed by atoms with Gasteiger partial charge in [-0.25, -0.2) is 0 Å². The Bertz CT molecular complexity index is 278. The largest absolute Gasteiger partial charge is 0.371 e. The zero-order valence-corrected chi connectivity index (χ0v) is 7.33. The molecule has 4 heteroatoms. The lowest BCUT2D eigenvalue weighted by molar-refractivity contribution is -0.00349. The van der Waals surface area contributed by atoms with Gasteiger partial charge < -0.3 is 9.26 Å². The van der Waals surface area contributed by atoms with Crippen LogP contribution in [0, 0.1) is 0 Å². The maximum atomic E-state index is 10.3. The van der Waals surface area contributed by atoms with Gasteiger partial charge in [0.15, 0.2) is 12.0 Å². The van der Waals surface area contributed by atoms with Gasteiger partial charge in [-0.05, 0) is 13.8 Å². The lowest BCUT2D eigenvalue weighted by atomic mass is 10.1. The van der Waals surface area contributed by atoms with E-state index in [2.05, 4.69) is 5.16 Å². The molecular formula is C8H11NO3. The first-order valence-corrected chi connectivity index (χ1v) is 3.57. The second-order valence-corrected chi connectivity index (χ2v) is 2.95. The number of ether oxygens (including phenoxy) is 1. The standard InChI is InChI=1S/C8H11NO3/c1-8(2,11-3)7-4-6(5-10)9-12-7/h4-5H,1-3H3. The van der Waals surface area contributed by atoms with Crippen molar-refractivity contribution in [3.05, 3.63) is 17.5 Å². The summed E-state index contributed by atoms with van der Waals surface area (Å²) >= 11 is 0. The highest BCUT2D eigenvalue weighted by Crippen LogP contribution is 2.23. The monoisotopic (exact) mass is 169 g/mol. The number of methoxy groups -OCH3 is 1. The highest BCUT2D eigenvalue weighted by Gasteiger charge is 2.24. The van der Waals surface area contributed by atoms with Gasteiger partial charge in [0.25, 0.3) is 0 Å². The van der Waals surface area contributed by atoms with E-state index in [0.717, 1.165) is 0 Å². The molecule has 0 saturated carbocycles. The third kappa shape index (κ3) is 1.53. The average Bonchev–Trinajstić information content (AvgIpc) is 2.52. The van der Waals surface area contributed by atoms with Crippen molar-refractivity contribution in [3.8, 4) is 0 Å². The normalized spacial score (nSPS) is 11.6. The second-order valence-electron chi connectivity index (χ2n) is 2.95. The fourth-order valence-electron chi connectivity index (χ4n) is 0.729. The van der Waals surface area contributed by atoms with Crippen molar-refractivity contribution >= 4 is 6.29 Å². The molecule has 1 aromatic rings. The van der Waals surface area contributed by atoms with Crippen LogP contribution in [0.15, 0.2) is 10.6 Å². The number of nitrogens with zero attached hydrogens (tertiary/aromatic N) is 1. The van der Waals surface area contributed by atoms with Crippen LogP contribution < -0.4 is 0 Å². The number of rotatable bonds is 3. The molecule has 4 nitrogen and oxygen atoms in total. The molecule has 0 amide bonds. The number of carbonyl (C=O) groups is 1. The van der Waals surface area contributed by atoms with Gasteiger partial charge in [0.05, 0.1) is 0 Å². The van der Waals surface area contributed by atoms with E-state index in [1.807, 2.05) is 13.8 Å². The molecule has 0 atom stereocenters. The predicted octanol–water partition coefficient (Wildman–Crippen LogP) is 1.37. The van der Waals surface area contributed by atoms with Crippen molar-refractivity contribution in [1.29, 1.82) is 0 Å². The molecule has 0 aromatic carbocycles. The molecule has 66 valence electrons. The van der Waals surface area contributed by atoms with Crippen molar-refractivity contribution in [2.75, 3.05) is 7.11 Å². The first-order chi connectivity index (χ1) is 5.60. The number of aromatic nitrogens is 1. The molecule has 12 heavy (non-hydrogen) atoms. The summed E-state index contributed by atoms with van der Waals surface area (Å²) < 4.78 is 10.0. The van der Waals surface area contributed by atoms with Gasteiger partial charge in [0.2, 0.25) is 0 Å². The summed E-state index contributed by atoms with van der Waals surface area (Å²) in [4.78, 5) is 10.3. The Morgan fingerprint density at radius 2 is 2.33 bits per heavy atom. The lowest BCUT2D eigenvalue weighted by Gasteiger charge is -2.18. The van der Waals surface area contributed by atoms with Crippen LogP contribution in [-0.4, -0.2) is 18.6 Å². The summed E-state index contributed by atoms with van der Waals surface area (Å²) in [6.07, 6.45) is 0.638. The summed E-state index contributed by atoms with van der Waals surface area (Å²) in [6.45, 7) is 3.67. The van der Waals surface area contributed by atoms with Gasteiger partial charge in [-0.15, -0.1) is 0 Å². The highest BCUT2D eigenvalue weighted by molar-refractivity contribution is 5.71. The number of hydrogen-bond donors (Lipinski definition) is 0. The van der Waals surface area contributed by atoms with E-state index in [0.29, 0.717) is 12.0 Å². The van der Waals surface area contributed by atoms with Crippen LogP contribution in [0.4, 0.5) is 0 Å². The first kappa shape index (κ1) is 8.93. The number of carbonyl (C=O) groups excluding carboxylic acids is 1. The molecule has 1 rings (SSSR count). The Kier molecular flexibility index (Phi) is 2.28. The van der Waals surface area contributed by atoms with Gasteiger partial charge in [0.1, 0.15) is 11.3 Å². The Hall–Kier alpha value is -1.16. The minimum Gasteiger partial charge on any atom is -0.371 e. The Labute approximate surface area is 70.5 Å². The fourth-order valence-corrected chi connectivity index (χ4v) is 0.729. The van der Waals surface area contributed by atoms with Gasteiger partial charge in [-0.3, -0.25) is 4.79 Å². The average molecular weight is 169 g/mol. The summed E-state index contributed by atoms with van der Waals surface area (Å²) in [5.74, 6) is 0.548. The summed E-state index contributed by atoms with van der Waals surface area (Å²) in [5.41, 5.74) is -0.246. The summed E-state index contributed by atoms with van der Waals surface area (Å²) in [5, 5.41) is 3.53. The maximum absolute atomic E-state index is 10.3. The molecule has 0 N–H and O–H groups in total. The van der Waals surface area contributed by atoms with Crippen molar-refractivity contribution in [2.45, 2.75) is 19.4 Å². The zero-order chi connectivity index (χ0) is 9.19. The SMILES string of the molecule is COC(C)(C)c1cc(C=O)no1. The van der Waals surface area contributed by atoms with Crippen molar-refractivity contribution in [2.24, 2.45) is 0 Å². The third-order valence-electron chi connectivity index (χ3n) is 1.75. The van der Waals surface area contributed by atoms with Crippen LogP contribution in [0.25, 0.3) is 0 Å². The molecule has 0 spiro atoms. The molecule has 0 aliphatic rings. The molecule has 0 saturated heterocycles. The Morgan fingerprint density at radius 1 is 1.67 bits per heavy atom. The van der Waals surface area contributed by atoms with Gasteiger partial charge >= 0.3 is 0 Å². The Balaban J connectivity index is 2.95. The van der Waals surface area contributed by atoms with Crippen LogP contribution in [0.5, 0.6) is 0 Å². The van der Waals surface area contributed by atoms with Crippen LogP contribution in [-0.2, 0) is 10.3 Å². The van der Waals surface area contributed by atoms with E-state index in [4.69, 9.17) is 9.26 Å². The minimum atomic E-state index is -0.533. The molecular weight excluding hydrogens is 158 g/mol. The van der Waals surface area contributed by atoms with E-state index in [9.17, 15) is 4.79 Å². The Morgan fingerprint density at radius 3 is 2.75 bits per heavy atom. The van der Waals surface area contributed by atoms with E-state index in [-0.39, 0.29) is 5.69 Å². The van der Waals surface area contributed by atoms with Crippen molar-refractivity contribution < 1.29 is 14.1 Å². The molecule has 0 radical (unpaired) electrons. The van der Waals surface area contributed by atoms with Crippen LogP contribution in [0.2, 0.25) is 0 Å². The van der Waals surface area contributed by atoms with Crippen LogP contribution in [0.1, 0.15) is 30.1 Å². The molecule has 1 aromatic heterocycles. The smallest absolute Gasteiger partial charge is 0.171 e. The summed E-state index contributed by atoms with van der Waals surface area (Å²) in [6, 6.07) is 1.57. The molecule has 0 aliphatic heterocycles. The lowest BCUT2D eigenvalue weighted by Crippen LogP contribution is -2.18. The molecule has 0 bridgehead atoms. The third-order valence-corrected chi connectivity index (χ3v) is 1.75. The molecule has 0 unspecified atom stereocenters. The molecule has 1 heterocycles. The van der Waals surface area contributed by atoms with Crippen LogP contribution in [0.3, 0.4) is 0 Å². The minimum absolute atomic E-state index is 0.287. The van der Waals surface area contributed by atoms with Gasteiger partial charge in [-0.2, -0.15) is 0 Å². The van der Waals surface area contributed by atoms with E-state index in [1.54, 1.807) is 13.2 Å². The number of aldehydes is 1. The maximum Gasteiger partial charge on any atom is 0.171 e. The molecule has 0 fully saturated rings. The van der Waals surface area contributed by atoms with Crippen molar-refractivity contribution in [3.63, 3.8) is 0 Å². The second kappa shape index (κ2) is 3.06. The fraction of sp³-hybridized carbons (Fsp3) is 0.500. The van der Waals surface area contributed by atoms with Gasteiger partial charge in [-0.1, -0.05) is 5.16 Å². The highest BCUT2D eigenvalue weighted by atomic mass is 16.5. The predicted molar refractivity (Wildman–Crippen MR) is 41.9 cm³/mol. The summed E-state index contributed by atoms with van der Waals surface area (Å²) in [7, 11) is 1.57. The van der Waals surface area contributed by atoms with E-state index >= 15 is 0 Å². The zero-order valence-electron chi connectivity index (χ0n) is 7.33. The number of hydrogen-bond acceptors (Lipinski definition) is 4. The van der Waals surface area contributed by atoms with Gasteiger partial charge in [0, 0.05) is 13.2 Å². The molecule has 0 aliphatic carbocycles. The van der Waals surface area contributed by atoms with E-state index in [1.165, 1.54) is 0 Å². The topological polar surface area (TPSA) is 52.3 Å². The first-order valence-electron chi connectivity index (χ1n) is 3.57. The van der Waals surface area contributed by atoms with E-state index < -0.39 is 5.60 Å². The van der Waals surface area contributed by atoms with Crippen molar-refractivity contribution in [1.82, 2.24) is 5.16 Å². The quantitative estimate of drug-likeness (QED) is 0.641. The van der Waals surface area contributed by atoms with Crippen LogP contribution >= 0.6 is 0 Å².